The normalized spacial score (nSPS) is 12.2. The average molecular weight is 831 g/mol. The molecular weight excluding hydrogens is 769 g/mol. The van der Waals surface area contributed by atoms with E-state index in [-0.39, 0.29) is 0 Å². The highest BCUT2D eigenvalue weighted by Crippen LogP contribution is 2.54. The summed E-state index contributed by atoms with van der Waals surface area (Å²) in [7, 11) is 0. The van der Waals surface area contributed by atoms with Crippen molar-refractivity contribution in [1.29, 1.82) is 0 Å². The number of fused-ring (bicyclic) bond motifs is 5. The maximum absolute atomic E-state index is 3.98. The van der Waals surface area contributed by atoms with Gasteiger partial charge in [-0.25, -0.2) is 0 Å². The van der Waals surface area contributed by atoms with Crippen LogP contribution in [0.25, 0.3) is 28.2 Å². The lowest BCUT2D eigenvalue weighted by molar-refractivity contribution is 0.539. The van der Waals surface area contributed by atoms with Crippen LogP contribution in [0.3, 0.4) is 0 Å². The van der Waals surface area contributed by atoms with Crippen LogP contribution < -0.4 is 0 Å². The largest absolute Gasteiger partial charge is 0.131 e. The van der Waals surface area contributed by atoms with E-state index in [2.05, 4.69) is 68.4 Å². The Morgan fingerprint density at radius 3 is 0.826 bits per heavy atom. The fourth-order valence-electron chi connectivity index (χ4n) is 7.02. The van der Waals surface area contributed by atoms with Crippen molar-refractivity contribution < 1.29 is 0 Å². The topological polar surface area (TPSA) is 0 Å². The van der Waals surface area contributed by atoms with E-state index in [1.165, 1.54) is 187 Å². The first-order valence-corrected chi connectivity index (χ1v) is 24.2. The minimum atomic E-state index is 1.23. The summed E-state index contributed by atoms with van der Waals surface area (Å²) in [4.78, 5) is 0. The third-order valence-corrected chi connectivity index (χ3v) is 17.1. The SMILES string of the molecule is CCCCCCCCCCCCCCCc1c(Br)sc2c1sc1c3sc(Br)c(CCCCCCCCCCCCCCC)c3sc21. The summed E-state index contributed by atoms with van der Waals surface area (Å²) in [5, 5.41) is 0. The molecule has 0 saturated carbocycles. The van der Waals surface area contributed by atoms with Crippen molar-refractivity contribution in [3.63, 3.8) is 0 Å². The summed E-state index contributed by atoms with van der Waals surface area (Å²) in [5.74, 6) is 0. The number of hydrogen-bond acceptors (Lipinski definition) is 4. The van der Waals surface area contributed by atoms with Crippen LogP contribution in [-0.2, 0) is 12.8 Å². The lowest BCUT2D eigenvalue weighted by Crippen LogP contribution is -1.86. The fourth-order valence-corrected chi connectivity index (χ4v) is 14.8. The van der Waals surface area contributed by atoms with Crippen LogP contribution in [0, 0.1) is 0 Å². The molecule has 4 aromatic heterocycles. The number of unbranched alkanes of at least 4 members (excludes halogenated alkanes) is 24. The van der Waals surface area contributed by atoms with Crippen LogP contribution in [0.2, 0.25) is 0 Å². The highest BCUT2D eigenvalue weighted by atomic mass is 79.9. The van der Waals surface area contributed by atoms with Crippen LogP contribution in [0.15, 0.2) is 7.57 Å². The van der Waals surface area contributed by atoms with Crippen LogP contribution >= 0.6 is 77.2 Å². The van der Waals surface area contributed by atoms with Gasteiger partial charge >= 0.3 is 0 Å². The van der Waals surface area contributed by atoms with Crippen LogP contribution in [0.5, 0.6) is 0 Å². The van der Waals surface area contributed by atoms with Gasteiger partial charge in [0.05, 0.1) is 35.8 Å². The standard InChI is InChI=1S/C40H62Br2S4/c1-3-5-7-9-11-13-15-17-19-21-23-25-27-29-31-33-35(45-39(31)41)37-38(43-33)36-34(44-37)32(40(42)46-36)30-28-26-24-22-20-18-16-14-12-10-8-6-4-2/h3-30H2,1-2H3. The molecule has 0 amide bonds. The summed E-state index contributed by atoms with van der Waals surface area (Å²) in [6.07, 6.45) is 39.5. The first-order valence-electron chi connectivity index (χ1n) is 19.4. The number of thiophene rings is 4. The van der Waals surface area contributed by atoms with Crippen molar-refractivity contribution in [3.05, 3.63) is 18.7 Å². The molecule has 0 aliphatic heterocycles. The molecule has 0 N–H and O–H groups in total. The Hall–Kier alpha value is 0.540. The molecular formula is C40H62Br2S4. The predicted molar refractivity (Wildman–Crippen MR) is 225 cm³/mol. The van der Waals surface area contributed by atoms with Crippen molar-refractivity contribution in [2.75, 3.05) is 0 Å². The minimum absolute atomic E-state index is 1.23. The van der Waals surface area contributed by atoms with E-state index in [0.717, 1.165) is 0 Å². The number of halogens is 2. The van der Waals surface area contributed by atoms with Gasteiger partial charge in [0.15, 0.2) is 0 Å². The molecule has 0 radical (unpaired) electrons. The first kappa shape index (κ1) is 39.3. The highest BCUT2D eigenvalue weighted by molar-refractivity contribution is 9.11. The summed E-state index contributed by atoms with van der Waals surface area (Å²) < 4.78 is 12.1. The van der Waals surface area contributed by atoms with E-state index in [0.29, 0.717) is 0 Å². The maximum atomic E-state index is 3.98. The molecule has 46 heavy (non-hydrogen) atoms. The molecule has 0 aromatic carbocycles. The third-order valence-electron chi connectivity index (χ3n) is 9.91. The molecule has 6 heteroatoms. The lowest BCUT2D eigenvalue weighted by atomic mass is 10.0. The van der Waals surface area contributed by atoms with Crippen molar-refractivity contribution in [2.45, 2.75) is 194 Å². The van der Waals surface area contributed by atoms with Gasteiger partial charge in [0, 0.05) is 0 Å². The van der Waals surface area contributed by atoms with Gasteiger partial charge in [-0.15, -0.1) is 45.3 Å². The quantitative estimate of drug-likeness (QED) is 0.0500. The number of aryl methyl sites for hydroxylation is 2. The number of hydrogen-bond donors (Lipinski definition) is 0. The number of rotatable bonds is 28. The first-order chi connectivity index (χ1) is 22.7. The van der Waals surface area contributed by atoms with E-state index in [9.17, 15) is 0 Å². The molecule has 0 fully saturated rings. The molecule has 0 atom stereocenters. The van der Waals surface area contributed by atoms with Crippen molar-refractivity contribution in [3.8, 4) is 0 Å². The third kappa shape index (κ3) is 12.4. The second-order valence-corrected chi connectivity index (χ2v) is 20.6. The van der Waals surface area contributed by atoms with Gasteiger partial charge in [-0.2, -0.15) is 0 Å². The van der Waals surface area contributed by atoms with Crippen LogP contribution in [0.4, 0.5) is 0 Å². The summed E-state index contributed by atoms with van der Waals surface area (Å²) >= 11 is 16.1. The molecule has 4 heterocycles. The molecule has 0 unspecified atom stereocenters. The maximum Gasteiger partial charge on any atom is 0.0751 e. The van der Waals surface area contributed by atoms with Crippen molar-refractivity contribution in [2.24, 2.45) is 0 Å². The van der Waals surface area contributed by atoms with Gasteiger partial charge in [-0.1, -0.05) is 168 Å². The molecule has 4 aromatic rings. The van der Waals surface area contributed by atoms with Crippen LogP contribution in [0.1, 0.15) is 192 Å². The zero-order valence-corrected chi connectivity index (χ0v) is 35.6. The smallest absolute Gasteiger partial charge is 0.0751 e. The lowest BCUT2D eigenvalue weighted by Gasteiger charge is -2.03. The second-order valence-electron chi connectivity index (χ2n) is 13.9. The predicted octanol–water partition coefficient (Wildman–Crippen LogP) is 18.2. The molecule has 0 saturated heterocycles. The Kier molecular flexibility index (Phi) is 19.7. The van der Waals surface area contributed by atoms with E-state index in [4.69, 9.17) is 0 Å². The molecule has 260 valence electrons. The highest BCUT2D eigenvalue weighted by Gasteiger charge is 2.22. The Labute approximate surface area is 315 Å². The van der Waals surface area contributed by atoms with Gasteiger partial charge < -0.3 is 0 Å². The zero-order chi connectivity index (χ0) is 32.4. The van der Waals surface area contributed by atoms with Crippen LogP contribution in [-0.4, -0.2) is 0 Å². The van der Waals surface area contributed by atoms with Gasteiger partial charge in [-0.05, 0) is 68.7 Å². The molecule has 0 spiro atoms. The van der Waals surface area contributed by atoms with Gasteiger partial charge in [0.2, 0.25) is 0 Å². The van der Waals surface area contributed by atoms with E-state index < -0.39 is 0 Å². The summed E-state index contributed by atoms with van der Waals surface area (Å²) in [5.41, 5.74) is 3.18. The fraction of sp³-hybridized carbons (Fsp3) is 0.750. The summed E-state index contributed by atoms with van der Waals surface area (Å²) in [6.45, 7) is 4.61. The van der Waals surface area contributed by atoms with Crippen molar-refractivity contribution in [1.82, 2.24) is 0 Å². The second kappa shape index (κ2) is 23.1. The Bertz CT molecular complexity index is 1270. The van der Waals surface area contributed by atoms with E-state index >= 15 is 0 Å². The monoisotopic (exact) mass is 828 g/mol. The molecule has 0 bridgehead atoms. The van der Waals surface area contributed by atoms with E-state index in [1.54, 1.807) is 39.3 Å². The molecule has 4 rings (SSSR count). The molecule has 0 aliphatic carbocycles. The Balaban J connectivity index is 1.15. The van der Waals surface area contributed by atoms with Crippen molar-refractivity contribution >= 4 is 105 Å². The van der Waals surface area contributed by atoms with Gasteiger partial charge in [0.25, 0.3) is 0 Å². The summed E-state index contributed by atoms with van der Waals surface area (Å²) in [6, 6.07) is 0. The molecule has 0 nitrogen and oxygen atoms in total. The average Bonchev–Trinajstić information content (AvgIpc) is 3.75. The van der Waals surface area contributed by atoms with E-state index in [1.807, 2.05) is 22.7 Å². The minimum Gasteiger partial charge on any atom is -0.131 e. The zero-order valence-electron chi connectivity index (χ0n) is 29.2. The van der Waals surface area contributed by atoms with Gasteiger partial charge in [-0.3, -0.25) is 0 Å². The Morgan fingerprint density at radius 1 is 0.304 bits per heavy atom. The Morgan fingerprint density at radius 2 is 0.543 bits per heavy atom. The van der Waals surface area contributed by atoms with Gasteiger partial charge in [0.1, 0.15) is 0 Å². The molecule has 0 aliphatic rings.